The molecule has 5 rings (SSSR count). The van der Waals surface area contributed by atoms with Crippen molar-refractivity contribution in [3.8, 4) is 17.2 Å². The Morgan fingerprint density at radius 3 is 2.31 bits per heavy atom. The summed E-state index contributed by atoms with van der Waals surface area (Å²) >= 11 is 0. The first-order valence-corrected chi connectivity index (χ1v) is 12.5. The molecule has 0 atom stereocenters. The van der Waals surface area contributed by atoms with Crippen molar-refractivity contribution in [2.45, 2.75) is 0 Å². The number of anilines is 3. The fourth-order valence-electron chi connectivity index (χ4n) is 4.65. The van der Waals surface area contributed by atoms with Crippen LogP contribution in [-0.4, -0.2) is 68.1 Å². The smallest absolute Gasteiger partial charge is 0.0991 e. The molecule has 1 aromatic heterocycles. The summed E-state index contributed by atoms with van der Waals surface area (Å²) in [6.07, 6.45) is 1.84. The van der Waals surface area contributed by atoms with Gasteiger partial charge in [0, 0.05) is 67.9 Å². The Kier molecular flexibility index (Phi) is 7.13. The molecule has 0 spiro atoms. The highest BCUT2D eigenvalue weighted by atomic mass is 15.3. The highest BCUT2D eigenvalue weighted by Crippen LogP contribution is 2.30. The van der Waals surface area contributed by atoms with Crippen LogP contribution in [0.4, 0.5) is 17.1 Å². The summed E-state index contributed by atoms with van der Waals surface area (Å²) in [6, 6.07) is 26.9. The standard InChI is InChI=1S/C30H32N6/c1-34(2)15-16-35-17-19-36(20-18-35)27-10-8-26(9-11-27)33-30-13-14-32-29-12-7-25(21-28(29)30)24-5-3-23(22-31)4-6-24/h3-14,21H,15-20H2,1-2H3,(H,32,33). The Hall–Kier alpha value is -3.92. The first-order chi connectivity index (χ1) is 17.6. The Labute approximate surface area is 213 Å². The Morgan fingerprint density at radius 2 is 1.61 bits per heavy atom. The van der Waals surface area contributed by atoms with Gasteiger partial charge in [-0.05, 0) is 79.8 Å². The van der Waals surface area contributed by atoms with Crippen LogP contribution in [0.2, 0.25) is 0 Å². The first kappa shape index (κ1) is 23.8. The van der Waals surface area contributed by atoms with Crippen LogP contribution in [-0.2, 0) is 0 Å². The summed E-state index contributed by atoms with van der Waals surface area (Å²) in [7, 11) is 4.27. The summed E-state index contributed by atoms with van der Waals surface area (Å²) < 4.78 is 0. The van der Waals surface area contributed by atoms with Crippen molar-refractivity contribution in [1.29, 1.82) is 5.26 Å². The number of nitrogens with one attached hydrogen (secondary N) is 1. The number of hydrogen-bond donors (Lipinski definition) is 1. The number of nitrogens with zero attached hydrogens (tertiary/aromatic N) is 5. The van der Waals surface area contributed by atoms with Crippen LogP contribution in [0.1, 0.15) is 5.56 Å². The minimum absolute atomic E-state index is 0.665. The van der Waals surface area contributed by atoms with Crippen molar-refractivity contribution in [3.63, 3.8) is 0 Å². The number of rotatable bonds is 7. The van der Waals surface area contributed by atoms with Gasteiger partial charge < -0.3 is 15.1 Å². The summed E-state index contributed by atoms with van der Waals surface area (Å²) in [6.45, 7) is 6.59. The van der Waals surface area contributed by atoms with Gasteiger partial charge in [0.2, 0.25) is 0 Å². The lowest BCUT2D eigenvalue weighted by Gasteiger charge is -2.36. The molecule has 6 nitrogen and oxygen atoms in total. The maximum absolute atomic E-state index is 9.08. The van der Waals surface area contributed by atoms with Gasteiger partial charge in [-0.15, -0.1) is 0 Å². The van der Waals surface area contributed by atoms with E-state index in [4.69, 9.17) is 5.26 Å². The molecule has 0 amide bonds. The molecule has 0 radical (unpaired) electrons. The van der Waals surface area contributed by atoms with Gasteiger partial charge in [-0.1, -0.05) is 18.2 Å². The van der Waals surface area contributed by atoms with Crippen molar-refractivity contribution >= 4 is 28.0 Å². The molecule has 0 unspecified atom stereocenters. The topological polar surface area (TPSA) is 58.4 Å². The minimum atomic E-state index is 0.665. The molecule has 3 aromatic carbocycles. The quantitative estimate of drug-likeness (QED) is 0.396. The molecule has 1 aliphatic heterocycles. The fraction of sp³-hybridized carbons (Fsp3) is 0.267. The van der Waals surface area contributed by atoms with E-state index >= 15 is 0 Å². The van der Waals surface area contributed by atoms with E-state index in [9.17, 15) is 0 Å². The average Bonchev–Trinajstić information content (AvgIpc) is 2.93. The van der Waals surface area contributed by atoms with Crippen LogP contribution in [0.15, 0.2) is 79.0 Å². The third-order valence-electron chi connectivity index (χ3n) is 6.84. The van der Waals surface area contributed by atoms with Gasteiger partial charge in [-0.3, -0.25) is 9.88 Å². The molecule has 6 heteroatoms. The summed E-state index contributed by atoms with van der Waals surface area (Å²) in [5, 5.41) is 13.7. The second-order valence-corrected chi connectivity index (χ2v) is 9.58. The van der Waals surface area contributed by atoms with Crippen molar-refractivity contribution in [2.75, 3.05) is 63.6 Å². The molecule has 0 saturated carbocycles. The van der Waals surface area contributed by atoms with Gasteiger partial charge in [0.05, 0.1) is 17.1 Å². The van der Waals surface area contributed by atoms with Crippen molar-refractivity contribution in [2.24, 2.45) is 0 Å². The van der Waals surface area contributed by atoms with E-state index in [1.807, 2.05) is 36.5 Å². The third-order valence-corrected chi connectivity index (χ3v) is 6.84. The molecular formula is C30H32N6. The Bertz CT molecular complexity index is 1350. The van der Waals surface area contributed by atoms with E-state index in [0.29, 0.717) is 5.56 Å². The van der Waals surface area contributed by atoms with Crippen LogP contribution in [0.5, 0.6) is 0 Å². The number of benzene rings is 3. The predicted octanol–water partition coefficient (Wildman–Crippen LogP) is 5.20. The second kappa shape index (κ2) is 10.8. The number of fused-ring (bicyclic) bond motifs is 1. The third kappa shape index (κ3) is 5.49. The molecule has 1 N–H and O–H groups in total. The van der Waals surface area contributed by atoms with E-state index in [1.165, 1.54) is 5.69 Å². The molecule has 182 valence electrons. The van der Waals surface area contributed by atoms with Crippen LogP contribution < -0.4 is 10.2 Å². The number of piperazine rings is 1. The second-order valence-electron chi connectivity index (χ2n) is 9.58. The van der Waals surface area contributed by atoms with Crippen LogP contribution in [0.25, 0.3) is 22.0 Å². The van der Waals surface area contributed by atoms with Crippen molar-refractivity contribution in [3.05, 3.63) is 84.6 Å². The first-order valence-electron chi connectivity index (χ1n) is 12.5. The van der Waals surface area contributed by atoms with Gasteiger partial charge in [0.15, 0.2) is 0 Å². The zero-order valence-corrected chi connectivity index (χ0v) is 21.0. The molecule has 4 aromatic rings. The van der Waals surface area contributed by atoms with Gasteiger partial charge in [0.25, 0.3) is 0 Å². The molecule has 0 aliphatic carbocycles. The van der Waals surface area contributed by atoms with Gasteiger partial charge in [0.1, 0.15) is 0 Å². The molecule has 1 aliphatic rings. The van der Waals surface area contributed by atoms with Gasteiger partial charge in [-0.2, -0.15) is 5.26 Å². The molecular weight excluding hydrogens is 444 g/mol. The van der Waals surface area contributed by atoms with E-state index < -0.39 is 0 Å². The zero-order valence-electron chi connectivity index (χ0n) is 21.0. The predicted molar refractivity (Wildman–Crippen MR) is 149 cm³/mol. The number of aromatic nitrogens is 1. The Balaban J connectivity index is 1.29. The number of likely N-dealkylation sites (N-methyl/N-ethyl adjacent to an activating group) is 1. The molecule has 36 heavy (non-hydrogen) atoms. The number of hydrogen-bond acceptors (Lipinski definition) is 6. The van der Waals surface area contributed by atoms with Crippen LogP contribution >= 0.6 is 0 Å². The zero-order chi connectivity index (χ0) is 24.9. The molecule has 1 saturated heterocycles. The lowest BCUT2D eigenvalue weighted by molar-refractivity contribution is 0.229. The summed E-state index contributed by atoms with van der Waals surface area (Å²) in [5.41, 5.74) is 7.15. The maximum Gasteiger partial charge on any atom is 0.0991 e. The van der Waals surface area contributed by atoms with Crippen LogP contribution in [0.3, 0.4) is 0 Å². The lowest BCUT2D eigenvalue weighted by atomic mass is 10.0. The van der Waals surface area contributed by atoms with Crippen molar-refractivity contribution < 1.29 is 0 Å². The van der Waals surface area contributed by atoms with E-state index in [2.05, 4.69) is 87.6 Å². The van der Waals surface area contributed by atoms with Crippen LogP contribution in [0, 0.1) is 11.3 Å². The summed E-state index contributed by atoms with van der Waals surface area (Å²) in [4.78, 5) is 11.8. The van der Waals surface area contributed by atoms with E-state index in [1.54, 1.807) is 0 Å². The minimum Gasteiger partial charge on any atom is -0.369 e. The molecule has 0 bridgehead atoms. The number of pyridine rings is 1. The number of nitriles is 1. The summed E-state index contributed by atoms with van der Waals surface area (Å²) in [5.74, 6) is 0. The molecule has 2 heterocycles. The molecule has 1 fully saturated rings. The monoisotopic (exact) mass is 476 g/mol. The van der Waals surface area contributed by atoms with E-state index in [-0.39, 0.29) is 0 Å². The maximum atomic E-state index is 9.08. The largest absolute Gasteiger partial charge is 0.369 e. The van der Waals surface area contributed by atoms with E-state index in [0.717, 1.165) is 72.7 Å². The Morgan fingerprint density at radius 1 is 0.889 bits per heavy atom. The highest BCUT2D eigenvalue weighted by molar-refractivity contribution is 5.95. The fourth-order valence-corrected chi connectivity index (χ4v) is 4.65. The van der Waals surface area contributed by atoms with Crippen molar-refractivity contribution in [1.82, 2.24) is 14.8 Å². The van der Waals surface area contributed by atoms with Gasteiger partial charge >= 0.3 is 0 Å². The lowest BCUT2D eigenvalue weighted by Crippen LogP contribution is -2.48. The average molecular weight is 477 g/mol. The normalized spacial score (nSPS) is 14.2. The SMILES string of the molecule is CN(C)CCN1CCN(c2ccc(Nc3ccnc4ccc(-c5ccc(C#N)cc5)cc34)cc2)CC1. The van der Waals surface area contributed by atoms with Gasteiger partial charge in [-0.25, -0.2) is 0 Å². The highest BCUT2D eigenvalue weighted by Gasteiger charge is 2.17.